The first-order chi connectivity index (χ1) is 15.2. The molecule has 3 N–H and O–H groups in total. The van der Waals surface area contributed by atoms with E-state index in [1.54, 1.807) is 0 Å². The Balaban J connectivity index is 1.90. The van der Waals surface area contributed by atoms with Crippen LogP contribution < -0.4 is 16.0 Å². The average molecular weight is 430 g/mol. The van der Waals surface area contributed by atoms with Gasteiger partial charge in [-0.2, -0.15) is 0 Å². The minimum Gasteiger partial charge on any atom is -0.398 e. The molecule has 0 atom stereocenters. The lowest BCUT2D eigenvalue weighted by Gasteiger charge is -2.31. The standard InChI is InChI=1S/C29H39N3/c1-7-29(4,5)17-11-16-24-26(31-18-12-15-23-13-9-8-10-14-23)19-25(30)27-22(3)21(2)20-32(6)28(24)27/h8-11,13-14,16,19-20,31H,3,7,12,15,17-18,30H2,1-2,4-6H3/b16-11-. The average Bonchev–Trinajstić information content (AvgIpc) is 2.76. The number of fused-ring (bicyclic) bond motifs is 1. The molecule has 0 amide bonds. The Bertz CT molecular complexity index is 1010. The van der Waals surface area contributed by atoms with E-state index < -0.39 is 0 Å². The minimum absolute atomic E-state index is 0.291. The zero-order chi connectivity index (χ0) is 23.3. The van der Waals surface area contributed by atoms with Crippen LogP contribution in [0.5, 0.6) is 0 Å². The van der Waals surface area contributed by atoms with Gasteiger partial charge in [0.25, 0.3) is 0 Å². The summed E-state index contributed by atoms with van der Waals surface area (Å²) >= 11 is 0. The maximum absolute atomic E-state index is 6.56. The van der Waals surface area contributed by atoms with Crippen LogP contribution in [-0.4, -0.2) is 13.6 Å². The highest BCUT2D eigenvalue weighted by molar-refractivity contribution is 6.00. The molecular weight excluding hydrogens is 390 g/mol. The number of nitrogens with one attached hydrogen (secondary N) is 1. The second-order valence-electron chi connectivity index (χ2n) is 9.69. The number of aryl methyl sites for hydroxylation is 1. The van der Waals surface area contributed by atoms with Crippen molar-refractivity contribution in [2.24, 2.45) is 5.41 Å². The monoisotopic (exact) mass is 429 g/mol. The van der Waals surface area contributed by atoms with Crippen LogP contribution in [0.4, 0.5) is 17.1 Å². The predicted octanol–water partition coefficient (Wildman–Crippen LogP) is 7.52. The molecule has 0 aromatic heterocycles. The van der Waals surface area contributed by atoms with E-state index in [0.29, 0.717) is 5.41 Å². The van der Waals surface area contributed by atoms with Crippen LogP contribution in [0.15, 0.2) is 60.8 Å². The molecule has 3 nitrogen and oxygen atoms in total. The van der Waals surface area contributed by atoms with E-state index in [2.05, 4.69) is 106 Å². The quantitative estimate of drug-likeness (QED) is 0.320. The summed E-state index contributed by atoms with van der Waals surface area (Å²) in [7, 11) is 2.10. The second kappa shape index (κ2) is 10.1. The first kappa shape index (κ1) is 23.7. The highest BCUT2D eigenvalue weighted by atomic mass is 15.1. The minimum atomic E-state index is 0.291. The van der Waals surface area contributed by atoms with Crippen LogP contribution in [0.2, 0.25) is 0 Å². The predicted molar refractivity (Wildman–Crippen MR) is 143 cm³/mol. The molecule has 2 aromatic carbocycles. The van der Waals surface area contributed by atoms with Crippen LogP contribution in [0.1, 0.15) is 63.6 Å². The Morgan fingerprint density at radius 3 is 2.59 bits per heavy atom. The number of hydrogen-bond acceptors (Lipinski definition) is 3. The van der Waals surface area contributed by atoms with Crippen molar-refractivity contribution in [2.45, 2.75) is 53.4 Å². The largest absolute Gasteiger partial charge is 0.398 e. The van der Waals surface area contributed by atoms with Gasteiger partial charge in [-0.1, -0.05) is 76.3 Å². The smallest absolute Gasteiger partial charge is 0.0598 e. The van der Waals surface area contributed by atoms with Crippen LogP contribution in [-0.2, 0) is 6.42 Å². The van der Waals surface area contributed by atoms with E-state index in [1.807, 2.05) is 0 Å². The molecule has 0 bridgehead atoms. The van der Waals surface area contributed by atoms with E-state index in [0.717, 1.165) is 66.0 Å². The van der Waals surface area contributed by atoms with E-state index in [1.165, 1.54) is 11.1 Å². The van der Waals surface area contributed by atoms with E-state index in [-0.39, 0.29) is 0 Å². The molecule has 0 saturated heterocycles. The Labute approximate surface area is 194 Å². The lowest BCUT2D eigenvalue weighted by Crippen LogP contribution is -2.19. The summed E-state index contributed by atoms with van der Waals surface area (Å²) in [4.78, 5) is 2.19. The number of allylic oxidation sites excluding steroid dienone is 3. The first-order valence-corrected chi connectivity index (χ1v) is 11.7. The number of nitrogen functional groups attached to an aromatic ring is 1. The molecule has 0 saturated carbocycles. The molecule has 0 aliphatic carbocycles. The fraction of sp³-hybridized carbons (Fsp3) is 0.379. The molecule has 2 aromatic rings. The topological polar surface area (TPSA) is 41.3 Å². The van der Waals surface area contributed by atoms with Gasteiger partial charge in [-0.05, 0) is 54.4 Å². The fourth-order valence-corrected chi connectivity index (χ4v) is 4.13. The second-order valence-corrected chi connectivity index (χ2v) is 9.69. The van der Waals surface area contributed by atoms with Crippen LogP contribution in [0, 0.1) is 5.41 Å². The lowest BCUT2D eigenvalue weighted by atomic mass is 9.85. The molecule has 0 unspecified atom stereocenters. The normalized spacial score (nSPS) is 14.0. The Hall–Kier alpha value is -2.94. The highest BCUT2D eigenvalue weighted by Gasteiger charge is 2.24. The maximum atomic E-state index is 6.56. The van der Waals surface area contributed by atoms with Gasteiger partial charge in [-0.25, -0.2) is 0 Å². The number of hydrogen-bond donors (Lipinski definition) is 2. The highest BCUT2D eigenvalue weighted by Crippen LogP contribution is 2.45. The number of anilines is 3. The summed E-state index contributed by atoms with van der Waals surface area (Å²) in [5, 5.41) is 3.67. The van der Waals surface area contributed by atoms with Crippen LogP contribution >= 0.6 is 0 Å². The van der Waals surface area contributed by atoms with Gasteiger partial charge >= 0.3 is 0 Å². The Morgan fingerprint density at radius 2 is 1.91 bits per heavy atom. The molecule has 1 aliphatic heterocycles. The van der Waals surface area contributed by atoms with E-state index in [4.69, 9.17) is 5.73 Å². The summed E-state index contributed by atoms with van der Waals surface area (Å²) in [5.41, 5.74) is 15.6. The van der Waals surface area contributed by atoms with Gasteiger partial charge < -0.3 is 16.0 Å². The summed E-state index contributed by atoms with van der Waals surface area (Å²) in [5.74, 6) is 0. The van der Waals surface area contributed by atoms with Crippen molar-refractivity contribution < 1.29 is 0 Å². The molecular formula is C29H39N3. The fourth-order valence-electron chi connectivity index (χ4n) is 4.13. The molecule has 0 fully saturated rings. The van der Waals surface area contributed by atoms with Gasteiger partial charge in [0.05, 0.1) is 5.69 Å². The third-order valence-corrected chi connectivity index (χ3v) is 6.60. The summed E-state index contributed by atoms with van der Waals surface area (Å²) in [6, 6.07) is 12.7. The van der Waals surface area contributed by atoms with Crippen LogP contribution in [0.3, 0.4) is 0 Å². The third-order valence-electron chi connectivity index (χ3n) is 6.60. The number of nitrogens with two attached hydrogens (primary N) is 1. The van der Waals surface area contributed by atoms with Gasteiger partial charge in [0.2, 0.25) is 0 Å². The van der Waals surface area contributed by atoms with Crippen molar-refractivity contribution in [3.63, 3.8) is 0 Å². The first-order valence-electron chi connectivity index (χ1n) is 11.7. The Kier molecular flexibility index (Phi) is 7.50. The Morgan fingerprint density at radius 1 is 1.19 bits per heavy atom. The molecule has 1 heterocycles. The number of benzene rings is 2. The third kappa shape index (κ3) is 5.45. The van der Waals surface area contributed by atoms with E-state index >= 15 is 0 Å². The summed E-state index contributed by atoms with van der Waals surface area (Å²) in [6.07, 6.45) is 11.0. The summed E-state index contributed by atoms with van der Waals surface area (Å²) in [6.45, 7) is 14.2. The van der Waals surface area contributed by atoms with Gasteiger partial charge in [0.15, 0.2) is 0 Å². The van der Waals surface area contributed by atoms with E-state index in [9.17, 15) is 0 Å². The van der Waals surface area contributed by atoms with Crippen molar-refractivity contribution in [1.82, 2.24) is 0 Å². The number of rotatable bonds is 9. The molecule has 0 spiro atoms. The molecule has 32 heavy (non-hydrogen) atoms. The SMILES string of the molecule is C=C1C(C)=CN(C)c2c(/C=C\CC(C)(C)CC)c(NCCCc3ccccc3)cc(N)c21. The van der Waals surface area contributed by atoms with Crippen molar-refractivity contribution in [2.75, 3.05) is 29.5 Å². The van der Waals surface area contributed by atoms with Crippen molar-refractivity contribution in [1.29, 1.82) is 0 Å². The van der Waals surface area contributed by atoms with Crippen molar-refractivity contribution >= 4 is 28.7 Å². The molecule has 170 valence electrons. The van der Waals surface area contributed by atoms with Gasteiger partial charge in [-0.3, -0.25) is 0 Å². The lowest BCUT2D eigenvalue weighted by molar-refractivity contribution is 0.357. The summed E-state index contributed by atoms with van der Waals surface area (Å²) < 4.78 is 0. The van der Waals surface area contributed by atoms with Crippen molar-refractivity contribution in [3.8, 4) is 0 Å². The van der Waals surface area contributed by atoms with Crippen molar-refractivity contribution in [3.05, 3.63) is 77.5 Å². The zero-order valence-corrected chi connectivity index (χ0v) is 20.5. The maximum Gasteiger partial charge on any atom is 0.0598 e. The molecule has 3 heteroatoms. The number of nitrogens with zero attached hydrogens (tertiary/aromatic N) is 1. The van der Waals surface area contributed by atoms with Gasteiger partial charge in [0, 0.05) is 42.3 Å². The van der Waals surface area contributed by atoms with Gasteiger partial charge in [0.1, 0.15) is 0 Å². The molecule has 0 radical (unpaired) electrons. The molecule has 1 aliphatic rings. The van der Waals surface area contributed by atoms with Gasteiger partial charge in [-0.15, -0.1) is 0 Å². The zero-order valence-electron chi connectivity index (χ0n) is 20.5. The van der Waals surface area contributed by atoms with Crippen LogP contribution in [0.25, 0.3) is 11.6 Å². The molecule has 3 rings (SSSR count).